The van der Waals surface area contributed by atoms with Gasteiger partial charge in [0.2, 0.25) is 0 Å². The number of aromatic nitrogens is 1. The molecule has 0 aliphatic heterocycles. The lowest BCUT2D eigenvalue weighted by atomic mass is 9.97. The topological polar surface area (TPSA) is 36.7 Å². The first-order valence-electron chi connectivity index (χ1n) is 4.41. The molecule has 3 heteroatoms. The minimum absolute atomic E-state index is 0.482. The zero-order chi connectivity index (χ0) is 10.2. The van der Waals surface area contributed by atoms with Crippen LogP contribution in [-0.4, -0.2) is 4.98 Å². The monoisotopic (exact) mass is 202 g/mol. The van der Waals surface area contributed by atoms with Gasteiger partial charge in [-0.3, -0.25) is 0 Å². The van der Waals surface area contributed by atoms with E-state index in [9.17, 15) is 0 Å². The van der Waals surface area contributed by atoms with Crippen molar-refractivity contribution in [2.45, 2.75) is 19.3 Å². The smallest absolute Gasteiger partial charge is 0.114 e. The molecule has 2 nitrogen and oxygen atoms in total. The molecule has 14 heavy (non-hydrogen) atoms. The molecule has 0 aliphatic carbocycles. The molecule has 0 saturated carbocycles. The molecular formula is C11H10N2S. The molecule has 0 saturated heterocycles. The maximum absolute atomic E-state index is 8.99. The van der Waals surface area contributed by atoms with Gasteiger partial charge in [-0.1, -0.05) is 12.1 Å². The highest BCUT2D eigenvalue weighted by atomic mass is 32.1. The number of nitriles is 1. The molecule has 1 heterocycles. The normalized spacial score (nSPS) is 11.5. The summed E-state index contributed by atoms with van der Waals surface area (Å²) in [5.74, 6) is 0. The summed E-state index contributed by atoms with van der Waals surface area (Å²) >= 11 is 1.60. The van der Waals surface area contributed by atoms with Gasteiger partial charge in [-0.05, 0) is 26.0 Å². The Balaban J connectivity index is 2.62. The van der Waals surface area contributed by atoms with E-state index in [4.69, 9.17) is 5.26 Å². The van der Waals surface area contributed by atoms with Gasteiger partial charge in [-0.2, -0.15) is 5.26 Å². The summed E-state index contributed by atoms with van der Waals surface area (Å²) in [5, 5.41) is 9.88. The first-order valence-corrected chi connectivity index (χ1v) is 5.22. The summed E-state index contributed by atoms with van der Waals surface area (Å²) in [6, 6.07) is 10.2. The maximum Gasteiger partial charge on any atom is 0.114 e. The predicted octanol–water partition coefficient (Wildman–Crippen LogP) is 3.10. The Bertz CT molecular complexity index is 472. The fourth-order valence-electron chi connectivity index (χ4n) is 1.19. The van der Waals surface area contributed by atoms with Crippen LogP contribution in [0.2, 0.25) is 0 Å². The molecule has 1 aromatic carbocycles. The van der Waals surface area contributed by atoms with Crippen molar-refractivity contribution in [1.29, 1.82) is 5.26 Å². The molecule has 0 bridgehead atoms. The van der Waals surface area contributed by atoms with Crippen LogP contribution >= 0.6 is 11.3 Å². The quantitative estimate of drug-likeness (QED) is 0.712. The van der Waals surface area contributed by atoms with Crippen LogP contribution in [0, 0.1) is 11.3 Å². The Kier molecular flexibility index (Phi) is 2.01. The zero-order valence-electron chi connectivity index (χ0n) is 8.11. The third-order valence-electron chi connectivity index (χ3n) is 2.11. The second kappa shape index (κ2) is 3.07. The largest absolute Gasteiger partial charge is 0.239 e. The molecule has 1 aromatic heterocycles. The van der Waals surface area contributed by atoms with Gasteiger partial charge in [-0.15, -0.1) is 11.3 Å². The molecule has 0 atom stereocenters. The van der Waals surface area contributed by atoms with Crippen LogP contribution in [0.15, 0.2) is 24.3 Å². The summed E-state index contributed by atoms with van der Waals surface area (Å²) < 4.78 is 1.14. The van der Waals surface area contributed by atoms with E-state index in [1.54, 1.807) is 11.3 Å². The molecule has 70 valence electrons. The molecule has 0 fully saturated rings. The van der Waals surface area contributed by atoms with Crippen LogP contribution in [0.3, 0.4) is 0 Å². The van der Waals surface area contributed by atoms with Gasteiger partial charge < -0.3 is 0 Å². The van der Waals surface area contributed by atoms with E-state index in [0.29, 0.717) is 0 Å². The molecule has 0 unspecified atom stereocenters. The number of fused-ring (bicyclic) bond motifs is 1. The zero-order valence-corrected chi connectivity index (χ0v) is 8.93. The van der Waals surface area contributed by atoms with E-state index < -0.39 is 5.41 Å². The van der Waals surface area contributed by atoms with Gasteiger partial charge in [-0.25, -0.2) is 4.98 Å². The summed E-state index contributed by atoms with van der Waals surface area (Å²) in [4.78, 5) is 4.45. The van der Waals surface area contributed by atoms with E-state index >= 15 is 0 Å². The van der Waals surface area contributed by atoms with Crippen molar-refractivity contribution in [3.05, 3.63) is 29.3 Å². The number of nitrogens with zero attached hydrogens (tertiary/aromatic N) is 2. The van der Waals surface area contributed by atoms with Crippen LogP contribution in [0.1, 0.15) is 18.9 Å². The van der Waals surface area contributed by atoms with Crippen molar-refractivity contribution in [3.63, 3.8) is 0 Å². The van der Waals surface area contributed by atoms with Crippen molar-refractivity contribution >= 4 is 21.6 Å². The standard InChI is InChI=1S/C11H10N2S/c1-11(2,7-12)10-13-8-5-3-4-6-9(8)14-10/h3-6H,1-2H3. The highest BCUT2D eigenvalue weighted by Gasteiger charge is 2.23. The first-order chi connectivity index (χ1) is 6.63. The summed E-state index contributed by atoms with van der Waals surface area (Å²) in [5.41, 5.74) is 0.500. The second-order valence-corrected chi connectivity index (χ2v) is 4.75. The average Bonchev–Trinajstić information content (AvgIpc) is 2.61. The van der Waals surface area contributed by atoms with E-state index in [0.717, 1.165) is 15.2 Å². The van der Waals surface area contributed by atoms with Crippen molar-refractivity contribution in [1.82, 2.24) is 4.98 Å². The first kappa shape index (κ1) is 9.17. The minimum Gasteiger partial charge on any atom is -0.239 e. The van der Waals surface area contributed by atoms with Gasteiger partial charge in [0.1, 0.15) is 10.4 Å². The maximum atomic E-state index is 8.99. The van der Waals surface area contributed by atoms with Gasteiger partial charge in [0.05, 0.1) is 16.3 Å². The number of para-hydroxylation sites is 1. The van der Waals surface area contributed by atoms with Crippen LogP contribution in [0.4, 0.5) is 0 Å². The SMILES string of the molecule is CC(C)(C#N)c1nc2ccccc2s1. The van der Waals surface area contributed by atoms with Crippen LogP contribution in [-0.2, 0) is 5.41 Å². The van der Waals surface area contributed by atoms with Crippen molar-refractivity contribution in [2.24, 2.45) is 0 Å². The van der Waals surface area contributed by atoms with Crippen molar-refractivity contribution in [2.75, 3.05) is 0 Å². The van der Waals surface area contributed by atoms with Gasteiger partial charge >= 0.3 is 0 Å². The Morgan fingerprint density at radius 3 is 2.71 bits per heavy atom. The Morgan fingerprint density at radius 1 is 1.36 bits per heavy atom. The molecule has 0 amide bonds. The van der Waals surface area contributed by atoms with Crippen LogP contribution in [0.5, 0.6) is 0 Å². The van der Waals surface area contributed by atoms with E-state index in [-0.39, 0.29) is 0 Å². The minimum atomic E-state index is -0.482. The molecule has 2 rings (SSSR count). The Labute approximate surface area is 86.8 Å². The van der Waals surface area contributed by atoms with Crippen LogP contribution < -0.4 is 0 Å². The number of thiazole rings is 1. The number of rotatable bonds is 1. The molecule has 0 aliphatic rings. The summed E-state index contributed by atoms with van der Waals surface area (Å²) in [6.07, 6.45) is 0. The lowest BCUT2D eigenvalue weighted by Crippen LogP contribution is -2.12. The van der Waals surface area contributed by atoms with Crippen molar-refractivity contribution in [3.8, 4) is 6.07 Å². The second-order valence-electron chi connectivity index (χ2n) is 3.72. The third kappa shape index (κ3) is 1.38. The molecule has 0 N–H and O–H groups in total. The fraction of sp³-hybridized carbons (Fsp3) is 0.273. The number of hydrogen-bond acceptors (Lipinski definition) is 3. The summed E-state index contributed by atoms with van der Waals surface area (Å²) in [7, 11) is 0. The highest BCUT2D eigenvalue weighted by molar-refractivity contribution is 7.18. The van der Waals surface area contributed by atoms with E-state index in [1.165, 1.54) is 0 Å². The van der Waals surface area contributed by atoms with Crippen molar-refractivity contribution < 1.29 is 0 Å². The lowest BCUT2D eigenvalue weighted by Gasteiger charge is -2.09. The Hall–Kier alpha value is -1.40. The number of benzene rings is 1. The molecule has 0 radical (unpaired) electrons. The lowest BCUT2D eigenvalue weighted by molar-refractivity contribution is 0.682. The molecule has 2 aromatic rings. The fourth-order valence-corrected chi connectivity index (χ4v) is 2.21. The van der Waals surface area contributed by atoms with E-state index in [1.807, 2.05) is 38.1 Å². The molecular weight excluding hydrogens is 192 g/mol. The van der Waals surface area contributed by atoms with Gasteiger partial charge in [0.25, 0.3) is 0 Å². The number of hydrogen-bond donors (Lipinski definition) is 0. The third-order valence-corrected chi connectivity index (χ3v) is 3.47. The summed E-state index contributed by atoms with van der Waals surface area (Å²) in [6.45, 7) is 3.79. The molecule has 0 spiro atoms. The van der Waals surface area contributed by atoms with Crippen LogP contribution in [0.25, 0.3) is 10.2 Å². The Morgan fingerprint density at radius 2 is 2.07 bits per heavy atom. The van der Waals surface area contributed by atoms with Gasteiger partial charge in [0.15, 0.2) is 0 Å². The average molecular weight is 202 g/mol. The van der Waals surface area contributed by atoms with Gasteiger partial charge in [0, 0.05) is 0 Å². The highest BCUT2D eigenvalue weighted by Crippen LogP contribution is 2.30. The van der Waals surface area contributed by atoms with E-state index in [2.05, 4.69) is 11.1 Å². The predicted molar refractivity (Wildman–Crippen MR) is 58.3 cm³/mol.